The molecule has 2 aliphatic rings. The highest BCUT2D eigenvalue weighted by Crippen LogP contribution is 2.40. The van der Waals surface area contributed by atoms with Gasteiger partial charge in [-0.1, -0.05) is 37.3 Å². The largest absolute Gasteiger partial charge is 0.322 e. The Labute approximate surface area is 164 Å². The fourth-order valence-electron chi connectivity index (χ4n) is 3.25. The summed E-state index contributed by atoms with van der Waals surface area (Å²) in [6.45, 7) is 3.86. The number of carbonyl (C=O) groups excluding carboxylic acids is 2. The SMILES string of the molecule is CC1NC(n2nc(C3CC3)cc2NC(=O)/C=C/c2ccccc2)NC(=O)C1C. The molecule has 3 unspecified atom stereocenters. The Morgan fingerprint density at radius 2 is 2.00 bits per heavy atom. The maximum Gasteiger partial charge on any atom is 0.249 e. The molecule has 4 rings (SSSR count). The van der Waals surface area contributed by atoms with Gasteiger partial charge >= 0.3 is 0 Å². The van der Waals surface area contributed by atoms with Gasteiger partial charge in [0.05, 0.1) is 11.6 Å². The first kappa shape index (κ1) is 18.4. The molecular weight excluding hydrogens is 354 g/mol. The molecule has 1 saturated heterocycles. The standard InChI is InChI=1S/C21H25N5O2/c1-13-14(2)22-21(24-20(13)28)26-18(12-17(25-26)16-9-10-16)23-19(27)11-8-15-6-4-3-5-7-15/h3-8,11-14,16,21-22H,9-10H2,1-2H3,(H,23,27)(H,24,28)/b11-8+. The zero-order valence-corrected chi connectivity index (χ0v) is 16.1. The number of amides is 2. The maximum atomic E-state index is 12.4. The van der Waals surface area contributed by atoms with E-state index < -0.39 is 6.29 Å². The van der Waals surface area contributed by atoms with Crippen LogP contribution in [0.5, 0.6) is 0 Å². The summed E-state index contributed by atoms with van der Waals surface area (Å²) < 4.78 is 1.67. The second kappa shape index (κ2) is 7.59. The van der Waals surface area contributed by atoms with E-state index in [0.29, 0.717) is 11.7 Å². The summed E-state index contributed by atoms with van der Waals surface area (Å²) in [7, 11) is 0. The molecule has 0 radical (unpaired) electrons. The molecule has 28 heavy (non-hydrogen) atoms. The van der Waals surface area contributed by atoms with E-state index in [-0.39, 0.29) is 23.8 Å². The number of hydrogen-bond donors (Lipinski definition) is 3. The molecule has 2 fully saturated rings. The van der Waals surface area contributed by atoms with Crippen LogP contribution in [0.3, 0.4) is 0 Å². The molecule has 1 aromatic carbocycles. The molecule has 0 spiro atoms. The van der Waals surface area contributed by atoms with E-state index in [4.69, 9.17) is 0 Å². The first-order valence-corrected chi connectivity index (χ1v) is 9.71. The Morgan fingerprint density at radius 3 is 2.68 bits per heavy atom. The van der Waals surface area contributed by atoms with Crippen LogP contribution in [0.4, 0.5) is 5.82 Å². The van der Waals surface area contributed by atoms with Gasteiger partial charge in [-0.3, -0.25) is 14.9 Å². The number of anilines is 1. The van der Waals surface area contributed by atoms with Crippen molar-refractivity contribution >= 4 is 23.7 Å². The molecule has 1 aliphatic heterocycles. The summed E-state index contributed by atoms with van der Waals surface area (Å²) in [5, 5.41) is 13.9. The minimum absolute atomic E-state index is 0.00820. The summed E-state index contributed by atoms with van der Waals surface area (Å²) in [6.07, 6.45) is 5.00. The van der Waals surface area contributed by atoms with Gasteiger partial charge < -0.3 is 10.6 Å². The first-order valence-electron chi connectivity index (χ1n) is 9.71. The number of nitrogens with one attached hydrogen (secondary N) is 3. The van der Waals surface area contributed by atoms with Gasteiger partial charge in [0.2, 0.25) is 11.8 Å². The maximum absolute atomic E-state index is 12.4. The van der Waals surface area contributed by atoms with Crippen LogP contribution in [0.25, 0.3) is 6.08 Å². The van der Waals surface area contributed by atoms with E-state index in [9.17, 15) is 9.59 Å². The van der Waals surface area contributed by atoms with E-state index in [1.54, 1.807) is 10.8 Å². The Hall–Kier alpha value is -2.93. The summed E-state index contributed by atoms with van der Waals surface area (Å²) in [5.74, 6) is 0.620. The molecule has 2 amide bonds. The smallest absolute Gasteiger partial charge is 0.249 e. The van der Waals surface area contributed by atoms with Gasteiger partial charge in [0.1, 0.15) is 5.82 Å². The lowest BCUT2D eigenvalue weighted by Gasteiger charge is -2.34. The molecule has 7 heteroatoms. The topological polar surface area (TPSA) is 88.1 Å². The second-order valence-electron chi connectivity index (χ2n) is 7.56. The van der Waals surface area contributed by atoms with Gasteiger partial charge in [-0.05, 0) is 31.4 Å². The zero-order chi connectivity index (χ0) is 19.7. The van der Waals surface area contributed by atoms with Crippen LogP contribution in [0.2, 0.25) is 0 Å². The molecule has 146 valence electrons. The van der Waals surface area contributed by atoms with Crippen molar-refractivity contribution in [3.05, 3.63) is 53.7 Å². The van der Waals surface area contributed by atoms with Crippen LogP contribution in [0.15, 0.2) is 42.5 Å². The average molecular weight is 379 g/mol. The Bertz CT molecular complexity index is 901. The van der Waals surface area contributed by atoms with E-state index in [1.165, 1.54) is 6.08 Å². The Balaban J connectivity index is 1.54. The normalized spacial score (nSPS) is 24.9. The van der Waals surface area contributed by atoms with Gasteiger partial charge in [0.15, 0.2) is 6.29 Å². The molecule has 0 bridgehead atoms. The van der Waals surface area contributed by atoms with Gasteiger partial charge in [-0.25, -0.2) is 4.68 Å². The summed E-state index contributed by atoms with van der Waals surface area (Å²) in [5.41, 5.74) is 1.90. The van der Waals surface area contributed by atoms with E-state index in [2.05, 4.69) is 21.0 Å². The average Bonchev–Trinajstić information content (AvgIpc) is 3.46. The lowest BCUT2D eigenvalue weighted by molar-refractivity contribution is -0.130. The van der Waals surface area contributed by atoms with Crippen molar-refractivity contribution in [3.63, 3.8) is 0 Å². The van der Waals surface area contributed by atoms with Gasteiger partial charge in [-0.2, -0.15) is 5.10 Å². The van der Waals surface area contributed by atoms with Gasteiger partial charge in [0, 0.05) is 24.1 Å². The highest BCUT2D eigenvalue weighted by atomic mass is 16.2. The molecule has 1 aromatic heterocycles. The highest BCUT2D eigenvalue weighted by molar-refractivity contribution is 6.01. The van der Waals surface area contributed by atoms with Crippen molar-refractivity contribution in [2.24, 2.45) is 5.92 Å². The summed E-state index contributed by atoms with van der Waals surface area (Å²) >= 11 is 0. The number of nitrogens with zero attached hydrogens (tertiary/aromatic N) is 2. The van der Waals surface area contributed by atoms with Crippen LogP contribution >= 0.6 is 0 Å². The second-order valence-corrected chi connectivity index (χ2v) is 7.56. The fraction of sp³-hybridized carbons (Fsp3) is 0.381. The number of carbonyl (C=O) groups is 2. The fourth-order valence-corrected chi connectivity index (χ4v) is 3.25. The van der Waals surface area contributed by atoms with Crippen LogP contribution in [-0.4, -0.2) is 27.6 Å². The first-order chi connectivity index (χ1) is 13.5. The summed E-state index contributed by atoms with van der Waals surface area (Å²) in [4.78, 5) is 24.7. The number of rotatable bonds is 5. The Kier molecular flexibility index (Phi) is 5.00. The number of benzene rings is 1. The predicted octanol–water partition coefficient (Wildman–Crippen LogP) is 2.61. The predicted molar refractivity (Wildman–Crippen MR) is 107 cm³/mol. The van der Waals surface area contributed by atoms with Gasteiger partial charge in [0.25, 0.3) is 0 Å². The van der Waals surface area contributed by atoms with Crippen molar-refractivity contribution in [3.8, 4) is 0 Å². The molecule has 1 saturated carbocycles. The number of hydrogen-bond acceptors (Lipinski definition) is 4. The minimum Gasteiger partial charge on any atom is -0.322 e. The van der Waals surface area contributed by atoms with Crippen molar-refractivity contribution in [1.29, 1.82) is 0 Å². The Morgan fingerprint density at radius 1 is 1.25 bits per heavy atom. The third-order valence-corrected chi connectivity index (χ3v) is 5.34. The van der Waals surface area contributed by atoms with E-state index >= 15 is 0 Å². The van der Waals surface area contributed by atoms with Crippen LogP contribution in [0.1, 0.15) is 50.2 Å². The third kappa shape index (κ3) is 3.99. The zero-order valence-electron chi connectivity index (χ0n) is 16.1. The lowest BCUT2D eigenvalue weighted by atomic mass is 10.0. The third-order valence-electron chi connectivity index (χ3n) is 5.34. The van der Waals surface area contributed by atoms with Crippen molar-refractivity contribution in [2.75, 3.05) is 5.32 Å². The quantitative estimate of drug-likeness (QED) is 0.697. The molecule has 3 N–H and O–H groups in total. The monoisotopic (exact) mass is 379 g/mol. The van der Waals surface area contributed by atoms with Gasteiger partial charge in [-0.15, -0.1) is 0 Å². The van der Waals surface area contributed by atoms with Crippen LogP contribution in [-0.2, 0) is 9.59 Å². The summed E-state index contributed by atoms with van der Waals surface area (Å²) in [6, 6.07) is 11.6. The molecule has 1 aliphatic carbocycles. The number of aromatic nitrogens is 2. The molecule has 7 nitrogen and oxygen atoms in total. The van der Waals surface area contributed by atoms with Crippen LogP contribution < -0.4 is 16.0 Å². The molecule has 3 atom stereocenters. The lowest BCUT2D eigenvalue weighted by Crippen LogP contribution is -2.57. The molecular formula is C21H25N5O2. The van der Waals surface area contributed by atoms with E-state index in [1.807, 2.05) is 50.2 Å². The van der Waals surface area contributed by atoms with E-state index in [0.717, 1.165) is 24.1 Å². The molecule has 2 heterocycles. The van der Waals surface area contributed by atoms with Crippen molar-refractivity contribution in [2.45, 2.75) is 44.9 Å². The minimum atomic E-state index is -0.486. The highest BCUT2D eigenvalue weighted by Gasteiger charge is 2.34. The van der Waals surface area contributed by atoms with Crippen LogP contribution in [0, 0.1) is 5.92 Å². The van der Waals surface area contributed by atoms with Crippen molar-refractivity contribution in [1.82, 2.24) is 20.4 Å². The molecule has 2 aromatic rings. The van der Waals surface area contributed by atoms with Crippen molar-refractivity contribution < 1.29 is 9.59 Å².